The molecule has 1 aliphatic rings. The highest BCUT2D eigenvalue weighted by atomic mass is 16.2. The molecular formula is C13H17N5O. The molecule has 0 spiro atoms. The van der Waals surface area contributed by atoms with Crippen LogP contribution < -0.4 is 11.0 Å². The first-order valence-electron chi connectivity index (χ1n) is 6.58. The fraction of sp³-hybridized carbons (Fsp3) is 0.462. The Bertz CT molecular complexity index is 643. The third-order valence-electron chi connectivity index (χ3n) is 3.48. The molecule has 0 bridgehead atoms. The number of aromatic nitrogens is 4. The van der Waals surface area contributed by atoms with Gasteiger partial charge in [0.1, 0.15) is 11.6 Å². The molecule has 0 amide bonds. The first-order chi connectivity index (χ1) is 9.29. The van der Waals surface area contributed by atoms with Gasteiger partial charge >= 0.3 is 5.69 Å². The Hall–Kier alpha value is -2.11. The van der Waals surface area contributed by atoms with Crippen LogP contribution in [-0.2, 0) is 19.5 Å². The van der Waals surface area contributed by atoms with Gasteiger partial charge in [0.2, 0.25) is 0 Å². The third kappa shape index (κ3) is 2.14. The van der Waals surface area contributed by atoms with Crippen molar-refractivity contribution < 1.29 is 0 Å². The molecule has 1 aliphatic heterocycles. The van der Waals surface area contributed by atoms with Crippen molar-refractivity contribution in [1.82, 2.24) is 19.3 Å². The zero-order valence-corrected chi connectivity index (χ0v) is 11.0. The molecule has 0 aromatic carbocycles. The van der Waals surface area contributed by atoms with E-state index in [1.54, 1.807) is 15.4 Å². The molecular weight excluding hydrogens is 242 g/mol. The van der Waals surface area contributed by atoms with Crippen molar-refractivity contribution in [3.63, 3.8) is 0 Å². The SMILES string of the molecule is CNc1ncccc1Cn1nc2n(c1=O)CCCC2. The zero-order valence-electron chi connectivity index (χ0n) is 11.0. The van der Waals surface area contributed by atoms with Gasteiger partial charge in [0.15, 0.2) is 0 Å². The van der Waals surface area contributed by atoms with E-state index >= 15 is 0 Å². The van der Waals surface area contributed by atoms with Crippen LogP contribution >= 0.6 is 0 Å². The van der Waals surface area contributed by atoms with Crippen molar-refractivity contribution in [3.05, 3.63) is 40.2 Å². The number of anilines is 1. The van der Waals surface area contributed by atoms with E-state index in [9.17, 15) is 4.79 Å². The Morgan fingerprint density at radius 2 is 2.32 bits per heavy atom. The lowest BCUT2D eigenvalue weighted by Crippen LogP contribution is -2.27. The number of hydrogen-bond donors (Lipinski definition) is 1. The molecule has 0 saturated heterocycles. The summed E-state index contributed by atoms with van der Waals surface area (Å²) in [6, 6.07) is 3.83. The van der Waals surface area contributed by atoms with Gasteiger partial charge in [-0.1, -0.05) is 6.07 Å². The van der Waals surface area contributed by atoms with Crippen LogP contribution in [0.15, 0.2) is 23.1 Å². The van der Waals surface area contributed by atoms with Gasteiger partial charge in [-0.15, -0.1) is 0 Å². The number of pyridine rings is 1. The standard InChI is InChI=1S/C13H17N5O/c1-14-12-10(5-4-7-15-12)9-18-13(19)17-8-3-2-6-11(17)16-18/h4-5,7H,2-3,6,8-9H2,1H3,(H,14,15). The lowest BCUT2D eigenvalue weighted by Gasteiger charge is -2.09. The molecule has 3 rings (SSSR count). The average molecular weight is 259 g/mol. The zero-order chi connectivity index (χ0) is 13.2. The molecule has 1 N–H and O–H groups in total. The molecule has 6 heteroatoms. The van der Waals surface area contributed by atoms with E-state index in [0.29, 0.717) is 6.54 Å². The fourth-order valence-corrected chi connectivity index (χ4v) is 2.50. The minimum absolute atomic E-state index is 0.0133. The Morgan fingerprint density at radius 1 is 1.42 bits per heavy atom. The number of nitrogens with zero attached hydrogens (tertiary/aromatic N) is 4. The number of aryl methyl sites for hydroxylation is 1. The predicted molar refractivity (Wildman–Crippen MR) is 72.3 cm³/mol. The summed E-state index contributed by atoms with van der Waals surface area (Å²) < 4.78 is 3.33. The van der Waals surface area contributed by atoms with E-state index in [-0.39, 0.29) is 5.69 Å². The van der Waals surface area contributed by atoms with Gasteiger partial charge in [-0.25, -0.2) is 14.5 Å². The van der Waals surface area contributed by atoms with Crippen LogP contribution in [-0.4, -0.2) is 26.4 Å². The maximum atomic E-state index is 12.2. The lowest BCUT2D eigenvalue weighted by molar-refractivity contribution is 0.511. The van der Waals surface area contributed by atoms with Gasteiger partial charge in [0.25, 0.3) is 0 Å². The molecule has 0 fully saturated rings. The number of fused-ring (bicyclic) bond motifs is 1. The number of hydrogen-bond acceptors (Lipinski definition) is 4. The number of rotatable bonds is 3. The first kappa shape index (κ1) is 12.0. The van der Waals surface area contributed by atoms with Crippen molar-refractivity contribution in [3.8, 4) is 0 Å². The van der Waals surface area contributed by atoms with Crippen molar-refractivity contribution in [2.45, 2.75) is 32.4 Å². The molecule has 0 aliphatic carbocycles. The molecule has 19 heavy (non-hydrogen) atoms. The van der Waals surface area contributed by atoms with Crippen LogP contribution in [0.3, 0.4) is 0 Å². The highest BCUT2D eigenvalue weighted by Crippen LogP contribution is 2.13. The molecule has 3 heterocycles. The second kappa shape index (κ2) is 4.87. The third-order valence-corrected chi connectivity index (χ3v) is 3.48. The van der Waals surface area contributed by atoms with Crippen molar-refractivity contribution in [1.29, 1.82) is 0 Å². The van der Waals surface area contributed by atoms with Crippen LogP contribution in [0.4, 0.5) is 5.82 Å². The molecule has 0 atom stereocenters. The van der Waals surface area contributed by atoms with Crippen LogP contribution in [0.2, 0.25) is 0 Å². The van der Waals surface area contributed by atoms with Gasteiger partial charge in [-0.2, -0.15) is 5.10 Å². The van der Waals surface area contributed by atoms with Gasteiger partial charge in [0, 0.05) is 31.8 Å². The summed E-state index contributed by atoms with van der Waals surface area (Å²) in [6.45, 7) is 1.25. The second-order valence-electron chi connectivity index (χ2n) is 4.73. The predicted octanol–water partition coefficient (Wildman–Crippen LogP) is 0.866. The summed E-state index contributed by atoms with van der Waals surface area (Å²) in [4.78, 5) is 16.5. The van der Waals surface area contributed by atoms with Crippen molar-refractivity contribution >= 4 is 5.82 Å². The molecule has 0 radical (unpaired) electrons. The molecule has 100 valence electrons. The minimum atomic E-state index is -0.0133. The summed E-state index contributed by atoms with van der Waals surface area (Å²) in [5.41, 5.74) is 0.961. The maximum Gasteiger partial charge on any atom is 0.346 e. The summed E-state index contributed by atoms with van der Waals surface area (Å²) >= 11 is 0. The topological polar surface area (TPSA) is 64.7 Å². The van der Waals surface area contributed by atoms with Gasteiger partial charge in [0.05, 0.1) is 6.54 Å². The summed E-state index contributed by atoms with van der Waals surface area (Å²) in [5, 5.41) is 7.47. The Morgan fingerprint density at radius 3 is 3.11 bits per heavy atom. The summed E-state index contributed by atoms with van der Waals surface area (Å²) in [7, 11) is 1.83. The minimum Gasteiger partial charge on any atom is -0.373 e. The van der Waals surface area contributed by atoms with Crippen molar-refractivity contribution in [2.24, 2.45) is 0 Å². The number of nitrogens with one attached hydrogen (secondary N) is 1. The quantitative estimate of drug-likeness (QED) is 0.888. The van der Waals surface area contributed by atoms with Gasteiger partial charge < -0.3 is 5.32 Å². The second-order valence-corrected chi connectivity index (χ2v) is 4.73. The Kier molecular flexibility index (Phi) is 3.06. The van der Waals surface area contributed by atoms with E-state index in [4.69, 9.17) is 0 Å². The highest BCUT2D eigenvalue weighted by molar-refractivity contribution is 5.42. The molecule has 2 aromatic rings. The summed E-state index contributed by atoms with van der Waals surface area (Å²) in [5.74, 6) is 1.70. The van der Waals surface area contributed by atoms with Crippen molar-refractivity contribution in [2.75, 3.05) is 12.4 Å². The van der Waals surface area contributed by atoms with Gasteiger partial charge in [-0.3, -0.25) is 4.57 Å². The fourth-order valence-electron chi connectivity index (χ4n) is 2.50. The van der Waals surface area contributed by atoms with Crippen LogP contribution in [0, 0.1) is 0 Å². The van der Waals surface area contributed by atoms with Crippen LogP contribution in [0.25, 0.3) is 0 Å². The maximum absolute atomic E-state index is 12.2. The molecule has 0 saturated carbocycles. The van der Waals surface area contributed by atoms with E-state index in [0.717, 1.165) is 43.0 Å². The van der Waals surface area contributed by atoms with E-state index in [1.165, 1.54) is 0 Å². The molecule has 2 aromatic heterocycles. The monoisotopic (exact) mass is 259 g/mol. The Balaban J connectivity index is 1.95. The highest BCUT2D eigenvalue weighted by Gasteiger charge is 2.17. The van der Waals surface area contributed by atoms with Gasteiger partial charge in [-0.05, 0) is 18.9 Å². The average Bonchev–Trinajstić information content (AvgIpc) is 2.77. The lowest BCUT2D eigenvalue weighted by atomic mass is 10.2. The normalized spacial score (nSPS) is 14.2. The van der Waals surface area contributed by atoms with E-state index in [1.807, 2.05) is 19.2 Å². The smallest absolute Gasteiger partial charge is 0.346 e. The largest absolute Gasteiger partial charge is 0.373 e. The van der Waals surface area contributed by atoms with Crippen LogP contribution in [0.5, 0.6) is 0 Å². The van der Waals surface area contributed by atoms with E-state index in [2.05, 4.69) is 15.4 Å². The summed E-state index contributed by atoms with van der Waals surface area (Å²) in [6.07, 6.45) is 4.81. The van der Waals surface area contributed by atoms with Crippen LogP contribution in [0.1, 0.15) is 24.2 Å². The molecule has 0 unspecified atom stereocenters. The Labute approximate surface area is 111 Å². The van der Waals surface area contributed by atoms with E-state index < -0.39 is 0 Å². The first-order valence-corrected chi connectivity index (χ1v) is 6.58. The molecule has 6 nitrogen and oxygen atoms in total.